The largest absolute Gasteiger partial charge is 0.468 e. The molecule has 88 valence electrons. The zero-order chi connectivity index (χ0) is 10.8. The summed E-state index contributed by atoms with van der Waals surface area (Å²) >= 11 is 0. The van der Waals surface area contributed by atoms with Crippen molar-refractivity contribution in [3.63, 3.8) is 0 Å². The van der Waals surface area contributed by atoms with Crippen molar-refractivity contribution in [1.29, 1.82) is 0 Å². The number of hydrogen-bond acceptors (Lipinski definition) is 3. The van der Waals surface area contributed by atoms with Crippen molar-refractivity contribution < 1.29 is 4.42 Å². The van der Waals surface area contributed by atoms with Crippen LogP contribution in [0.25, 0.3) is 0 Å². The first-order valence-corrected chi connectivity index (χ1v) is 6.41. The van der Waals surface area contributed by atoms with Crippen LogP contribution in [0, 0.1) is 0 Å². The van der Waals surface area contributed by atoms with Crippen molar-refractivity contribution in [3.8, 4) is 0 Å². The van der Waals surface area contributed by atoms with Gasteiger partial charge in [-0.1, -0.05) is 0 Å². The highest BCUT2D eigenvalue weighted by atomic mass is 16.3. The number of furan rings is 1. The molecule has 3 rings (SSSR count). The molecule has 1 saturated heterocycles. The molecule has 2 fully saturated rings. The first-order valence-electron chi connectivity index (χ1n) is 6.41. The van der Waals surface area contributed by atoms with E-state index in [9.17, 15) is 0 Å². The molecule has 16 heavy (non-hydrogen) atoms. The summed E-state index contributed by atoms with van der Waals surface area (Å²) < 4.78 is 5.44. The van der Waals surface area contributed by atoms with Gasteiger partial charge in [-0.25, -0.2) is 0 Å². The van der Waals surface area contributed by atoms with Crippen LogP contribution < -0.4 is 5.32 Å². The second-order valence-electron chi connectivity index (χ2n) is 5.03. The summed E-state index contributed by atoms with van der Waals surface area (Å²) in [5.41, 5.74) is 0. The molecule has 0 spiro atoms. The molecule has 1 N–H and O–H groups in total. The van der Waals surface area contributed by atoms with E-state index in [0.29, 0.717) is 6.04 Å². The molecule has 2 heterocycles. The summed E-state index contributed by atoms with van der Waals surface area (Å²) in [6.45, 7) is 3.37. The fourth-order valence-electron chi connectivity index (χ4n) is 2.58. The van der Waals surface area contributed by atoms with Crippen molar-refractivity contribution in [2.75, 3.05) is 13.1 Å². The average Bonchev–Trinajstić information content (AvgIpc) is 2.79. The summed E-state index contributed by atoms with van der Waals surface area (Å²) in [4.78, 5) is 2.59. The molecule has 3 nitrogen and oxygen atoms in total. The lowest BCUT2D eigenvalue weighted by molar-refractivity contribution is 0.214. The summed E-state index contributed by atoms with van der Waals surface area (Å²) in [6, 6.07) is 5.58. The van der Waals surface area contributed by atoms with Crippen LogP contribution in [0.2, 0.25) is 0 Å². The molecule has 0 aromatic carbocycles. The fourth-order valence-corrected chi connectivity index (χ4v) is 2.58. The first-order chi connectivity index (χ1) is 7.92. The molecule has 2 aliphatic rings. The highest BCUT2D eigenvalue weighted by molar-refractivity contribution is 5.00. The first kappa shape index (κ1) is 10.4. The second-order valence-corrected chi connectivity index (χ2v) is 5.03. The third kappa shape index (κ3) is 2.47. The van der Waals surface area contributed by atoms with Gasteiger partial charge in [-0.15, -0.1) is 0 Å². The molecule has 1 aliphatic heterocycles. The minimum absolute atomic E-state index is 0.704. The van der Waals surface area contributed by atoms with Gasteiger partial charge < -0.3 is 9.73 Å². The molecule has 1 aromatic rings. The number of rotatable bonds is 5. The van der Waals surface area contributed by atoms with Crippen molar-refractivity contribution >= 4 is 0 Å². The topological polar surface area (TPSA) is 28.4 Å². The van der Waals surface area contributed by atoms with Gasteiger partial charge in [0.15, 0.2) is 0 Å². The molecular weight excluding hydrogens is 200 g/mol. The van der Waals surface area contributed by atoms with Crippen LogP contribution in [0.4, 0.5) is 0 Å². The molecule has 1 aromatic heterocycles. The smallest absolute Gasteiger partial charge is 0.117 e. The Morgan fingerprint density at radius 2 is 2.31 bits per heavy atom. The van der Waals surface area contributed by atoms with E-state index < -0.39 is 0 Å². The number of nitrogens with one attached hydrogen (secondary N) is 1. The molecule has 1 aliphatic carbocycles. The van der Waals surface area contributed by atoms with Gasteiger partial charge in [0.2, 0.25) is 0 Å². The molecule has 0 unspecified atom stereocenters. The normalized spacial score (nSPS) is 25.4. The van der Waals surface area contributed by atoms with E-state index in [-0.39, 0.29) is 0 Å². The number of nitrogens with zero attached hydrogens (tertiary/aromatic N) is 1. The quantitative estimate of drug-likeness (QED) is 0.822. The maximum atomic E-state index is 5.44. The van der Waals surface area contributed by atoms with Gasteiger partial charge in [-0.2, -0.15) is 0 Å². The van der Waals surface area contributed by atoms with Crippen LogP contribution in [0.3, 0.4) is 0 Å². The Bertz CT molecular complexity index is 313. The van der Waals surface area contributed by atoms with Crippen LogP contribution in [-0.4, -0.2) is 30.1 Å². The van der Waals surface area contributed by atoms with Crippen LogP contribution >= 0.6 is 0 Å². The standard InChI is InChI=1S/C13H20N2O/c1-3-11(14-7-1)9-15(12-5-6-12)10-13-4-2-8-16-13/h2,4,8,11-12,14H,1,3,5-7,9-10H2/t11-/m1/s1. The lowest BCUT2D eigenvalue weighted by Crippen LogP contribution is -2.38. The lowest BCUT2D eigenvalue weighted by Gasteiger charge is -2.24. The monoisotopic (exact) mass is 220 g/mol. The molecule has 0 radical (unpaired) electrons. The van der Waals surface area contributed by atoms with Crippen LogP contribution in [-0.2, 0) is 6.54 Å². The Morgan fingerprint density at radius 3 is 2.94 bits per heavy atom. The van der Waals surface area contributed by atoms with Crippen LogP contribution in [0.5, 0.6) is 0 Å². The molecule has 1 atom stereocenters. The minimum atomic E-state index is 0.704. The molecule has 0 bridgehead atoms. The molecule has 0 amide bonds. The Kier molecular flexibility index (Phi) is 2.98. The van der Waals surface area contributed by atoms with Crippen LogP contribution in [0.15, 0.2) is 22.8 Å². The van der Waals surface area contributed by atoms with Crippen molar-refractivity contribution in [2.45, 2.75) is 44.3 Å². The summed E-state index contributed by atoms with van der Waals surface area (Å²) in [5.74, 6) is 1.10. The van der Waals surface area contributed by atoms with Crippen LogP contribution in [0.1, 0.15) is 31.4 Å². The van der Waals surface area contributed by atoms with Gasteiger partial charge in [-0.3, -0.25) is 4.90 Å². The average molecular weight is 220 g/mol. The SMILES string of the molecule is c1coc(CN(C[C@H]2CCCN2)C2CC2)c1. The maximum Gasteiger partial charge on any atom is 0.117 e. The second kappa shape index (κ2) is 4.60. The fraction of sp³-hybridized carbons (Fsp3) is 0.692. The van der Waals surface area contributed by atoms with E-state index >= 15 is 0 Å². The van der Waals surface area contributed by atoms with E-state index in [2.05, 4.69) is 16.3 Å². The van der Waals surface area contributed by atoms with E-state index in [1.807, 2.05) is 6.07 Å². The Labute approximate surface area is 96.8 Å². The van der Waals surface area contributed by atoms with Crippen molar-refractivity contribution in [1.82, 2.24) is 10.2 Å². The van der Waals surface area contributed by atoms with Crippen molar-refractivity contribution in [2.24, 2.45) is 0 Å². The highest BCUT2D eigenvalue weighted by Crippen LogP contribution is 2.29. The predicted molar refractivity (Wildman–Crippen MR) is 63.2 cm³/mol. The summed E-state index contributed by atoms with van der Waals surface area (Å²) in [5, 5.41) is 3.58. The van der Waals surface area contributed by atoms with Gasteiger partial charge in [0.25, 0.3) is 0 Å². The van der Waals surface area contributed by atoms with Gasteiger partial charge in [0.05, 0.1) is 12.8 Å². The lowest BCUT2D eigenvalue weighted by atomic mass is 10.2. The molecule has 3 heteroatoms. The van der Waals surface area contributed by atoms with E-state index in [0.717, 1.165) is 18.3 Å². The minimum Gasteiger partial charge on any atom is -0.468 e. The van der Waals surface area contributed by atoms with E-state index in [1.165, 1.54) is 38.8 Å². The third-order valence-electron chi connectivity index (χ3n) is 3.62. The Hall–Kier alpha value is -0.800. The van der Waals surface area contributed by atoms with Gasteiger partial charge >= 0.3 is 0 Å². The Morgan fingerprint density at radius 1 is 1.38 bits per heavy atom. The number of hydrogen-bond donors (Lipinski definition) is 1. The summed E-state index contributed by atoms with van der Waals surface area (Å²) in [6.07, 6.45) is 7.18. The van der Waals surface area contributed by atoms with Gasteiger partial charge in [0.1, 0.15) is 5.76 Å². The highest BCUT2D eigenvalue weighted by Gasteiger charge is 2.31. The van der Waals surface area contributed by atoms with E-state index in [4.69, 9.17) is 4.42 Å². The van der Waals surface area contributed by atoms with E-state index in [1.54, 1.807) is 6.26 Å². The zero-order valence-electron chi connectivity index (χ0n) is 9.69. The van der Waals surface area contributed by atoms with Gasteiger partial charge in [-0.05, 0) is 44.4 Å². The van der Waals surface area contributed by atoms with Gasteiger partial charge in [0, 0.05) is 18.6 Å². The zero-order valence-corrected chi connectivity index (χ0v) is 9.69. The predicted octanol–water partition coefficient (Wildman–Crippen LogP) is 2.00. The Balaban J connectivity index is 1.57. The summed E-state index contributed by atoms with van der Waals surface area (Å²) in [7, 11) is 0. The maximum absolute atomic E-state index is 5.44. The molecule has 1 saturated carbocycles. The third-order valence-corrected chi connectivity index (χ3v) is 3.62. The molecular formula is C13H20N2O. The van der Waals surface area contributed by atoms with Crippen molar-refractivity contribution in [3.05, 3.63) is 24.2 Å².